The van der Waals surface area contributed by atoms with Crippen LogP contribution in [-0.2, 0) is 11.2 Å². The van der Waals surface area contributed by atoms with E-state index < -0.39 is 5.97 Å². The van der Waals surface area contributed by atoms with Crippen LogP contribution in [0, 0.1) is 11.8 Å². The number of carbonyl (C=O) groups is 1. The molecule has 146 valence electrons. The highest BCUT2D eigenvalue weighted by Crippen LogP contribution is 2.38. The van der Waals surface area contributed by atoms with Gasteiger partial charge in [-0.05, 0) is 80.7 Å². The van der Waals surface area contributed by atoms with Gasteiger partial charge in [-0.1, -0.05) is 30.4 Å². The number of rotatable bonds is 10. The topological polar surface area (TPSA) is 57.5 Å². The quantitative estimate of drug-likeness (QED) is 0.400. The van der Waals surface area contributed by atoms with Crippen LogP contribution in [0.25, 0.3) is 10.1 Å². The zero-order valence-corrected chi connectivity index (χ0v) is 16.7. The van der Waals surface area contributed by atoms with Crippen LogP contribution in [0.15, 0.2) is 42.5 Å². The minimum atomic E-state index is -0.721. The number of aliphatic carboxylic acids is 1. The highest BCUT2D eigenvalue weighted by Gasteiger charge is 2.33. The maximum Gasteiger partial charge on any atom is 0.303 e. The molecule has 2 unspecified atom stereocenters. The Hall–Kier alpha value is -1.65. The maximum atomic E-state index is 10.5. The summed E-state index contributed by atoms with van der Waals surface area (Å²) in [4.78, 5) is 12.0. The highest BCUT2D eigenvalue weighted by atomic mass is 32.1. The molecule has 1 saturated carbocycles. The van der Waals surface area contributed by atoms with Gasteiger partial charge in [-0.15, -0.1) is 11.3 Å². The van der Waals surface area contributed by atoms with Crippen molar-refractivity contribution in [2.24, 2.45) is 11.8 Å². The summed E-state index contributed by atoms with van der Waals surface area (Å²) in [5.74, 6) is 0.252. The van der Waals surface area contributed by atoms with Gasteiger partial charge < -0.3 is 10.2 Å². The van der Waals surface area contributed by atoms with Gasteiger partial charge in [0.1, 0.15) is 0 Å². The van der Waals surface area contributed by atoms with Crippen molar-refractivity contribution in [1.29, 1.82) is 0 Å². The van der Waals surface area contributed by atoms with Crippen LogP contribution < -0.4 is 0 Å². The number of unbranched alkanes of at least 4 members (excludes halogenated alkanes) is 1. The molecule has 2 N–H and O–H groups in total. The molecule has 1 aromatic carbocycles. The molecule has 0 amide bonds. The molecule has 3 rings (SSSR count). The molecule has 0 radical (unpaired) electrons. The minimum absolute atomic E-state index is 0.155. The zero-order valence-electron chi connectivity index (χ0n) is 15.8. The number of aryl methyl sites for hydroxylation is 1. The van der Waals surface area contributed by atoms with Crippen molar-refractivity contribution in [1.82, 2.24) is 0 Å². The largest absolute Gasteiger partial charge is 0.481 e. The Morgan fingerprint density at radius 1 is 1.19 bits per heavy atom. The van der Waals surface area contributed by atoms with Crippen molar-refractivity contribution in [2.45, 2.75) is 63.9 Å². The second-order valence-electron chi connectivity index (χ2n) is 7.70. The van der Waals surface area contributed by atoms with Crippen molar-refractivity contribution in [3.05, 3.63) is 47.4 Å². The standard InChI is InChI=1S/C23H30O3S/c24-21-15-14-17(8-3-1-2-4-13-23(25)26)20(21)11-7-10-19-16-18-9-5-6-12-22(18)27-19/h1,3,5-6,9,12,16-17,20-21,24H,2,4,7-8,10-11,13-15H2,(H,25,26)/b3-1-/t17-,20?,21?/m0/s1. The van der Waals surface area contributed by atoms with E-state index in [1.54, 1.807) is 0 Å². The van der Waals surface area contributed by atoms with Gasteiger partial charge in [0.05, 0.1) is 6.10 Å². The first kappa shape index (κ1) is 20.1. The Kier molecular flexibility index (Phi) is 7.48. The Balaban J connectivity index is 1.43. The molecule has 1 aromatic heterocycles. The summed E-state index contributed by atoms with van der Waals surface area (Å²) < 4.78 is 1.36. The zero-order chi connectivity index (χ0) is 19.1. The summed E-state index contributed by atoms with van der Waals surface area (Å²) in [5.41, 5.74) is 0. The van der Waals surface area contributed by atoms with E-state index in [4.69, 9.17) is 5.11 Å². The van der Waals surface area contributed by atoms with E-state index in [9.17, 15) is 9.90 Å². The summed E-state index contributed by atoms with van der Waals surface area (Å²) >= 11 is 1.89. The number of benzene rings is 1. The van der Waals surface area contributed by atoms with Crippen LogP contribution in [0.3, 0.4) is 0 Å². The fourth-order valence-electron chi connectivity index (χ4n) is 4.28. The lowest BCUT2D eigenvalue weighted by molar-refractivity contribution is -0.137. The second kappa shape index (κ2) is 10.0. The number of carboxylic acid groups (broad SMARTS) is 1. The third-order valence-corrected chi connectivity index (χ3v) is 6.91. The highest BCUT2D eigenvalue weighted by molar-refractivity contribution is 7.19. The van der Waals surface area contributed by atoms with Crippen LogP contribution in [0.5, 0.6) is 0 Å². The summed E-state index contributed by atoms with van der Waals surface area (Å²) in [6.45, 7) is 0. The number of carboxylic acids is 1. The van der Waals surface area contributed by atoms with Gasteiger partial charge in [0, 0.05) is 16.0 Å². The van der Waals surface area contributed by atoms with Gasteiger partial charge in [-0.3, -0.25) is 4.79 Å². The molecule has 1 heterocycles. The number of hydrogen-bond acceptors (Lipinski definition) is 3. The molecule has 1 fully saturated rings. The van der Waals surface area contributed by atoms with Gasteiger partial charge in [0.2, 0.25) is 0 Å². The predicted octanol–water partition coefficient (Wildman–Crippen LogP) is 5.81. The Labute approximate surface area is 165 Å². The average molecular weight is 387 g/mol. The lowest BCUT2D eigenvalue weighted by Crippen LogP contribution is -2.19. The molecule has 1 aliphatic rings. The lowest BCUT2D eigenvalue weighted by Gasteiger charge is -2.21. The second-order valence-corrected chi connectivity index (χ2v) is 8.87. The summed E-state index contributed by atoms with van der Waals surface area (Å²) in [6, 6.07) is 10.9. The van der Waals surface area contributed by atoms with Crippen molar-refractivity contribution in [3.63, 3.8) is 0 Å². The molecular formula is C23H30O3S. The van der Waals surface area contributed by atoms with E-state index in [1.165, 1.54) is 15.0 Å². The third-order valence-electron chi connectivity index (χ3n) is 5.74. The Morgan fingerprint density at radius 2 is 2.04 bits per heavy atom. The van der Waals surface area contributed by atoms with Crippen molar-refractivity contribution < 1.29 is 15.0 Å². The predicted molar refractivity (Wildman–Crippen MR) is 112 cm³/mol. The first-order valence-corrected chi connectivity index (χ1v) is 11.0. The number of allylic oxidation sites excluding steroid dienone is 2. The van der Waals surface area contributed by atoms with Gasteiger partial charge >= 0.3 is 5.97 Å². The minimum Gasteiger partial charge on any atom is -0.481 e. The van der Waals surface area contributed by atoms with E-state index in [2.05, 4.69) is 42.5 Å². The molecule has 2 aromatic rings. The van der Waals surface area contributed by atoms with E-state index >= 15 is 0 Å². The van der Waals surface area contributed by atoms with E-state index in [0.717, 1.165) is 44.9 Å². The monoisotopic (exact) mass is 386 g/mol. The van der Waals surface area contributed by atoms with E-state index in [0.29, 0.717) is 18.3 Å². The summed E-state index contributed by atoms with van der Waals surface area (Å²) in [5, 5.41) is 20.4. The van der Waals surface area contributed by atoms with Gasteiger partial charge in [-0.25, -0.2) is 0 Å². The average Bonchev–Trinajstić information content (AvgIpc) is 3.21. The van der Waals surface area contributed by atoms with E-state index in [-0.39, 0.29) is 12.5 Å². The molecule has 3 nitrogen and oxygen atoms in total. The summed E-state index contributed by atoms with van der Waals surface area (Å²) in [6.07, 6.45) is 12.3. The number of aliphatic hydroxyl groups excluding tert-OH is 1. The normalized spacial score (nSPS) is 22.8. The fraction of sp³-hybridized carbons (Fsp3) is 0.522. The molecule has 1 aliphatic carbocycles. The number of fused-ring (bicyclic) bond motifs is 1. The molecule has 0 bridgehead atoms. The van der Waals surface area contributed by atoms with Crippen LogP contribution >= 0.6 is 11.3 Å². The number of thiophene rings is 1. The molecule has 0 saturated heterocycles. The molecule has 4 heteroatoms. The SMILES string of the molecule is O=C(O)CCC/C=C\C[C@H]1CCC(O)C1CCCc1cc2ccccc2s1. The van der Waals surface area contributed by atoms with Crippen molar-refractivity contribution in [3.8, 4) is 0 Å². The molecule has 0 aliphatic heterocycles. The van der Waals surface area contributed by atoms with Gasteiger partial charge in [-0.2, -0.15) is 0 Å². The smallest absolute Gasteiger partial charge is 0.303 e. The fourth-order valence-corrected chi connectivity index (χ4v) is 5.39. The van der Waals surface area contributed by atoms with E-state index in [1.807, 2.05) is 11.3 Å². The molecule has 3 atom stereocenters. The molecule has 0 spiro atoms. The maximum absolute atomic E-state index is 10.5. The number of hydrogen-bond donors (Lipinski definition) is 2. The van der Waals surface area contributed by atoms with Crippen LogP contribution in [0.4, 0.5) is 0 Å². The van der Waals surface area contributed by atoms with Gasteiger partial charge in [0.25, 0.3) is 0 Å². The van der Waals surface area contributed by atoms with Crippen LogP contribution in [-0.4, -0.2) is 22.3 Å². The molecular weight excluding hydrogens is 356 g/mol. The van der Waals surface area contributed by atoms with Crippen molar-refractivity contribution in [2.75, 3.05) is 0 Å². The van der Waals surface area contributed by atoms with Crippen molar-refractivity contribution >= 4 is 27.4 Å². The third kappa shape index (κ3) is 5.91. The lowest BCUT2D eigenvalue weighted by atomic mass is 9.87. The summed E-state index contributed by atoms with van der Waals surface area (Å²) in [7, 11) is 0. The molecule has 27 heavy (non-hydrogen) atoms. The van der Waals surface area contributed by atoms with Crippen LogP contribution in [0.2, 0.25) is 0 Å². The first-order valence-electron chi connectivity index (χ1n) is 10.2. The Bertz CT molecular complexity index is 731. The Morgan fingerprint density at radius 3 is 2.85 bits per heavy atom. The number of aliphatic hydroxyl groups is 1. The van der Waals surface area contributed by atoms with Crippen LogP contribution in [0.1, 0.15) is 56.2 Å². The van der Waals surface area contributed by atoms with Gasteiger partial charge in [0.15, 0.2) is 0 Å². The first-order chi connectivity index (χ1) is 13.1.